The third-order valence-electron chi connectivity index (χ3n) is 2.59. The van der Waals surface area contributed by atoms with Gasteiger partial charge in [-0.25, -0.2) is 0 Å². The highest BCUT2D eigenvalue weighted by Crippen LogP contribution is 2.12. The van der Waals surface area contributed by atoms with Crippen LogP contribution in [0.2, 0.25) is 0 Å². The number of amides is 1. The van der Waals surface area contributed by atoms with Crippen molar-refractivity contribution in [1.82, 2.24) is 19.9 Å². The van der Waals surface area contributed by atoms with Crippen LogP contribution in [0.15, 0.2) is 18.5 Å². The summed E-state index contributed by atoms with van der Waals surface area (Å²) < 4.78 is 2.54. The average molecular weight is 264 g/mol. The summed E-state index contributed by atoms with van der Waals surface area (Å²) in [6, 6.07) is 2.06. The first-order valence-corrected chi connectivity index (χ1v) is 6.30. The number of imidazole rings is 1. The largest absolute Gasteiger partial charge is 0.354 e. The van der Waals surface area contributed by atoms with Crippen LogP contribution in [0.4, 0.5) is 0 Å². The van der Waals surface area contributed by atoms with Gasteiger partial charge < -0.3 is 14.9 Å². The van der Waals surface area contributed by atoms with Gasteiger partial charge >= 0.3 is 0 Å². The summed E-state index contributed by atoms with van der Waals surface area (Å²) in [5.74, 6) is 0.0373. The Hall–Kier alpha value is -1.69. The highest BCUT2D eigenvalue weighted by Gasteiger charge is 2.07. The Bertz CT molecular complexity index is 614. The van der Waals surface area contributed by atoms with Crippen molar-refractivity contribution in [2.24, 2.45) is 0 Å². The number of H-pyrrole nitrogens is 1. The number of pyridine rings is 1. The topological polar surface area (TPSA) is 62.7 Å². The molecule has 0 bridgehead atoms. The molecule has 2 rings (SSSR count). The smallest absolute Gasteiger partial charge is 0.221 e. The maximum absolute atomic E-state index is 11.6. The van der Waals surface area contributed by atoms with E-state index in [9.17, 15) is 4.79 Å². The lowest BCUT2D eigenvalue weighted by Crippen LogP contribution is -2.30. The van der Waals surface area contributed by atoms with Crippen LogP contribution in [0.25, 0.3) is 11.0 Å². The molecule has 6 heteroatoms. The van der Waals surface area contributed by atoms with Crippen LogP contribution in [-0.2, 0) is 11.3 Å². The summed E-state index contributed by atoms with van der Waals surface area (Å²) in [6.45, 7) is 4.46. The van der Waals surface area contributed by atoms with Crippen molar-refractivity contribution in [3.8, 4) is 0 Å². The lowest BCUT2D eigenvalue weighted by molar-refractivity contribution is -0.121. The van der Waals surface area contributed by atoms with E-state index >= 15 is 0 Å². The first kappa shape index (κ1) is 12.8. The van der Waals surface area contributed by atoms with Gasteiger partial charge in [0.25, 0.3) is 0 Å². The number of hydrogen-bond acceptors (Lipinski definition) is 3. The summed E-state index contributed by atoms with van der Waals surface area (Å²) in [7, 11) is 0. The molecular weight excluding hydrogens is 248 g/mol. The van der Waals surface area contributed by atoms with Crippen LogP contribution in [0.3, 0.4) is 0 Å². The minimum atomic E-state index is 0.0373. The van der Waals surface area contributed by atoms with Gasteiger partial charge in [-0.15, -0.1) is 0 Å². The summed E-state index contributed by atoms with van der Waals surface area (Å²) in [6.07, 6.45) is 3.87. The minimum Gasteiger partial charge on any atom is -0.354 e. The second-order valence-corrected chi connectivity index (χ2v) is 4.83. The van der Waals surface area contributed by atoms with Crippen molar-refractivity contribution in [2.45, 2.75) is 32.9 Å². The third kappa shape index (κ3) is 2.76. The lowest BCUT2D eigenvalue weighted by atomic mass is 10.3. The van der Waals surface area contributed by atoms with Gasteiger partial charge in [0, 0.05) is 25.2 Å². The Kier molecular flexibility index (Phi) is 3.76. The van der Waals surface area contributed by atoms with Gasteiger partial charge in [0.05, 0.1) is 17.2 Å². The van der Waals surface area contributed by atoms with Crippen molar-refractivity contribution in [2.75, 3.05) is 0 Å². The fourth-order valence-electron chi connectivity index (χ4n) is 1.84. The van der Waals surface area contributed by atoms with Crippen molar-refractivity contribution >= 4 is 29.2 Å². The number of rotatable bonds is 4. The highest BCUT2D eigenvalue weighted by molar-refractivity contribution is 7.71. The molecule has 0 aromatic carbocycles. The Labute approximate surface area is 110 Å². The number of aromatic nitrogens is 3. The molecular formula is C12H16N4OS. The summed E-state index contributed by atoms with van der Waals surface area (Å²) in [5.41, 5.74) is 1.87. The molecule has 0 spiro atoms. The van der Waals surface area contributed by atoms with E-state index in [-0.39, 0.29) is 11.9 Å². The maximum Gasteiger partial charge on any atom is 0.221 e. The molecule has 2 aromatic heterocycles. The molecule has 0 aliphatic heterocycles. The van der Waals surface area contributed by atoms with Gasteiger partial charge in [0.15, 0.2) is 4.77 Å². The molecule has 2 N–H and O–H groups in total. The van der Waals surface area contributed by atoms with Gasteiger partial charge in [0.2, 0.25) is 5.91 Å². The zero-order valence-electron chi connectivity index (χ0n) is 10.4. The molecule has 0 aliphatic carbocycles. The van der Waals surface area contributed by atoms with Crippen LogP contribution in [0, 0.1) is 4.77 Å². The van der Waals surface area contributed by atoms with E-state index in [1.165, 1.54) is 0 Å². The van der Waals surface area contributed by atoms with Crippen molar-refractivity contribution in [3.05, 3.63) is 23.2 Å². The molecule has 0 aliphatic rings. The van der Waals surface area contributed by atoms with E-state index in [0.29, 0.717) is 17.7 Å². The second kappa shape index (κ2) is 5.30. The highest BCUT2D eigenvalue weighted by atomic mass is 32.1. The Morgan fingerprint density at radius 2 is 2.39 bits per heavy atom. The average Bonchev–Trinajstić information content (AvgIpc) is 2.61. The zero-order chi connectivity index (χ0) is 13.1. The van der Waals surface area contributed by atoms with Crippen molar-refractivity contribution < 1.29 is 4.79 Å². The third-order valence-corrected chi connectivity index (χ3v) is 2.91. The number of nitrogens with one attached hydrogen (secondary N) is 2. The maximum atomic E-state index is 11.6. The number of aryl methyl sites for hydroxylation is 1. The van der Waals surface area contributed by atoms with Crippen LogP contribution in [0.1, 0.15) is 20.3 Å². The van der Waals surface area contributed by atoms with E-state index in [4.69, 9.17) is 12.2 Å². The van der Waals surface area contributed by atoms with Crippen LogP contribution in [0.5, 0.6) is 0 Å². The molecule has 0 radical (unpaired) electrons. The normalized spacial score (nSPS) is 11.1. The number of fused-ring (bicyclic) bond motifs is 1. The molecule has 0 atom stereocenters. The predicted molar refractivity (Wildman–Crippen MR) is 72.8 cm³/mol. The molecule has 0 fully saturated rings. The Balaban J connectivity index is 2.15. The number of hydrogen-bond donors (Lipinski definition) is 2. The van der Waals surface area contributed by atoms with E-state index < -0.39 is 0 Å². The zero-order valence-corrected chi connectivity index (χ0v) is 11.3. The van der Waals surface area contributed by atoms with Gasteiger partial charge in [-0.1, -0.05) is 0 Å². The summed E-state index contributed by atoms with van der Waals surface area (Å²) in [4.78, 5) is 18.7. The van der Waals surface area contributed by atoms with E-state index in [1.54, 1.807) is 12.4 Å². The van der Waals surface area contributed by atoms with Crippen molar-refractivity contribution in [3.63, 3.8) is 0 Å². The molecule has 18 heavy (non-hydrogen) atoms. The standard InChI is InChI=1S/C12H16N4OS/c1-8(2)14-11(17)4-6-16-10-3-5-13-7-9(10)15-12(16)18/h3,5,7-8H,4,6H2,1-2H3,(H,14,17)(H,15,18). The first-order chi connectivity index (χ1) is 8.58. The Morgan fingerprint density at radius 1 is 1.61 bits per heavy atom. The lowest BCUT2D eigenvalue weighted by Gasteiger charge is -2.08. The van der Waals surface area contributed by atoms with Crippen LogP contribution in [-0.4, -0.2) is 26.5 Å². The molecule has 96 valence electrons. The fraction of sp³-hybridized carbons (Fsp3) is 0.417. The number of carbonyl (C=O) groups excluding carboxylic acids is 1. The SMILES string of the molecule is CC(C)NC(=O)CCn1c(=S)[nH]c2cnccc21. The van der Waals surface area contributed by atoms with Crippen LogP contribution >= 0.6 is 12.2 Å². The molecule has 0 saturated carbocycles. The van der Waals surface area contributed by atoms with E-state index in [1.807, 2.05) is 24.5 Å². The van der Waals surface area contributed by atoms with Gasteiger partial charge in [-0.05, 0) is 32.1 Å². The van der Waals surface area contributed by atoms with E-state index in [0.717, 1.165) is 11.0 Å². The second-order valence-electron chi connectivity index (χ2n) is 4.45. The molecule has 0 saturated heterocycles. The van der Waals surface area contributed by atoms with Gasteiger partial charge in [-0.3, -0.25) is 9.78 Å². The van der Waals surface area contributed by atoms with E-state index in [2.05, 4.69) is 15.3 Å². The van der Waals surface area contributed by atoms with Crippen LogP contribution < -0.4 is 5.32 Å². The Morgan fingerprint density at radius 3 is 3.11 bits per heavy atom. The quantitative estimate of drug-likeness (QED) is 0.830. The molecule has 5 nitrogen and oxygen atoms in total. The molecule has 1 amide bonds. The van der Waals surface area contributed by atoms with Gasteiger partial charge in [-0.2, -0.15) is 0 Å². The summed E-state index contributed by atoms with van der Waals surface area (Å²) >= 11 is 5.24. The molecule has 2 heterocycles. The number of nitrogens with zero attached hydrogens (tertiary/aromatic N) is 2. The summed E-state index contributed by atoms with van der Waals surface area (Å²) in [5, 5.41) is 2.86. The molecule has 2 aromatic rings. The minimum absolute atomic E-state index is 0.0373. The first-order valence-electron chi connectivity index (χ1n) is 5.90. The molecule has 0 unspecified atom stereocenters. The van der Waals surface area contributed by atoms with Crippen molar-refractivity contribution in [1.29, 1.82) is 0 Å². The fourth-order valence-corrected chi connectivity index (χ4v) is 2.14. The van der Waals surface area contributed by atoms with Gasteiger partial charge in [0.1, 0.15) is 0 Å². The number of aromatic amines is 1. The monoisotopic (exact) mass is 264 g/mol. The predicted octanol–water partition coefficient (Wildman–Crippen LogP) is 2.01. The number of carbonyl (C=O) groups is 1.